The summed E-state index contributed by atoms with van der Waals surface area (Å²) in [5.74, 6) is -0.579. The zero-order valence-electron chi connectivity index (χ0n) is 10.6. The molecule has 1 rings (SSSR count). The highest BCUT2D eigenvalue weighted by atomic mass is 16.5. The molecule has 0 unspecified atom stereocenters. The summed E-state index contributed by atoms with van der Waals surface area (Å²) in [5, 5.41) is 12.2. The first-order valence-corrected chi connectivity index (χ1v) is 5.56. The molecule has 1 N–H and O–H groups in total. The topological polar surface area (TPSA) is 85.0 Å². The van der Waals surface area contributed by atoms with Gasteiger partial charge in [-0.15, -0.1) is 0 Å². The van der Waals surface area contributed by atoms with Crippen molar-refractivity contribution in [2.24, 2.45) is 0 Å². The smallest absolute Gasteiger partial charge is 0.358 e. The van der Waals surface area contributed by atoms with Crippen molar-refractivity contribution in [1.29, 1.82) is 0 Å². The molecule has 0 aliphatic carbocycles. The largest absolute Gasteiger partial charge is 0.476 e. The molecule has 0 bridgehead atoms. The van der Waals surface area contributed by atoms with Crippen LogP contribution in [0.25, 0.3) is 0 Å². The van der Waals surface area contributed by atoms with Crippen molar-refractivity contribution in [3.05, 3.63) is 17.5 Å². The Morgan fingerprint density at radius 1 is 1.39 bits per heavy atom. The van der Waals surface area contributed by atoms with Crippen molar-refractivity contribution in [3.63, 3.8) is 0 Å². The summed E-state index contributed by atoms with van der Waals surface area (Å²) in [6.45, 7) is 3.08. The second-order valence-corrected chi connectivity index (χ2v) is 3.75. The van der Waals surface area contributed by atoms with E-state index in [4.69, 9.17) is 19.1 Å². The van der Waals surface area contributed by atoms with Crippen LogP contribution in [-0.4, -0.2) is 61.7 Å². The Morgan fingerprint density at radius 2 is 2.00 bits per heavy atom. The fourth-order valence-electron chi connectivity index (χ4n) is 1.42. The summed E-state index contributed by atoms with van der Waals surface area (Å²) in [7, 11) is 3.26. The number of carboxylic acids is 1. The highest BCUT2D eigenvalue weighted by Gasteiger charge is 2.13. The third-order valence-electron chi connectivity index (χ3n) is 2.38. The monoisotopic (exact) mass is 258 g/mol. The summed E-state index contributed by atoms with van der Waals surface area (Å²) < 4.78 is 15.0. The Labute approximate surface area is 105 Å². The zero-order valence-corrected chi connectivity index (χ0v) is 10.6. The van der Waals surface area contributed by atoms with Gasteiger partial charge in [-0.3, -0.25) is 4.90 Å². The summed E-state index contributed by atoms with van der Waals surface area (Å²) in [4.78, 5) is 12.7. The van der Waals surface area contributed by atoms with Gasteiger partial charge in [0.2, 0.25) is 0 Å². The second kappa shape index (κ2) is 7.80. The normalized spacial score (nSPS) is 11.1. The van der Waals surface area contributed by atoms with Gasteiger partial charge in [0.25, 0.3) is 0 Å². The molecule has 0 fully saturated rings. The van der Waals surface area contributed by atoms with Gasteiger partial charge >= 0.3 is 5.97 Å². The number of hydrogen-bond donors (Lipinski definition) is 1. The molecule has 0 spiro atoms. The Bertz CT molecular complexity index is 358. The molecule has 102 valence electrons. The number of nitrogens with zero attached hydrogens (tertiary/aromatic N) is 2. The van der Waals surface area contributed by atoms with E-state index in [9.17, 15) is 4.79 Å². The highest BCUT2D eigenvalue weighted by molar-refractivity contribution is 5.85. The fourth-order valence-corrected chi connectivity index (χ4v) is 1.42. The van der Waals surface area contributed by atoms with E-state index in [1.807, 2.05) is 4.90 Å². The van der Waals surface area contributed by atoms with Crippen LogP contribution in [-0.2, 0) is 16.0 Å². The van der Waals surface area contributed by atoms with Crippen molar-refractivity contribution in [1.82, 2.24) is 10.1 Å². The molecule has 7 nitrogen and oxygen atoms in total. The molecule has 0 saturated carbocycles. The predicted octanol–water partition coefficient (Wildman–Crippen LogP) is 0.468. The molecule has 1 aromatic heterocycles. The summed E-state index contributed by atoms with van der Waals surface area (Å²) in [6.07, 6.45) is 0. The van der Waals surface area contributed by atoms with Crippen LogP contribution >= 0.6 is 0 Å². The SMILES string of the molecule is COCCN(CCOC)Cc1cc(C(=O)O)no1. The van der Waals surface area contributed by atoms with E-state index in [1.165, 1.54) is 6.07 Å². The van der Waals surface area contributed by atoms with E-state index in [0.717, 1.165) is 0 Å². The van der Waals surface area contributed by atoms with Gasteiger partial charge < -0.3 is 19.1 Å². The fraction of sp³-hybridized carbons (Fsp3) is 0.636. The molecular weight excluding hydrogens is 240 g/mol. The van der Waals surface area contributed by atoms with E-state index >= 15 is 0 Å². The Morgan fingerprint density at radius 3 is 2.44 bits per heavy atom. The third kappa shape index (κ3) is 4.82. The number of aromatic nitrogens is 1. The lowest BCUT2D eigenvalue weighted by Gasteiger charge is -2.19. The van der Waals surface area contributed by atoms with Gasteiger partial charge in [-0.25, -0.2) is 4.79 Å². The Hall–Kier alpha value is -1.44. The van der Waals surface area contributed by atoms with E-state index in [0.29, 0.717) is 38.6 Å². The van der Waals surface area contributed by atoms with Crippen molar-refractivity contribution < 1.29 is 23.9 Å². The molecule has 0 aliphatic heterocycles. The van der Waals surface area contributed by atoms with Crippen molar-refractivity contribution in [2.45, 2.75) is 6.54 Å². The first-order chi connectivity index (χ1) is 8.67. The minimum atomic E-state index is -1.09. The number of hydrogen-bond acceptors (Lipinski definition) is 6. The van der Waals surface area contributed by atoms with Crippen LogP contribution in [0, 0.1) is 0 Å². The average Bonchev–Trinajstić information content (AvgIpc) is 2.81. The van der Waals surface area contributed by atoms with Gasteiger partial charge in [0.05, 0.1) is 19.8 Å². The molecule has 0 saturated heterocycles. The lowest BCUT2D eigenvalue weighted by Crippen LogP contribution is -2.30. The summed E-state index contributed by atoms with van der Waals surface area (Å²) in [5.41, 5.74) is -0.0802. The van der Waals surface area contributed by atoms with Crippen LogP contribution in [0.3, 0.4) is 0 Å². The van der Waals surface area contributed by atoms with Gasteiger partial charge in [-0.1, -0.05) is 5.16 Å². The molecule has 0 aromatic carbocycles. The lowest BCUT2D eigenvalue weighted by atomic mass is 10.3. The van der Waals surface area contributed by atoms with E-state index in [1.54, 1.807) is 14.2 Å². The number of carbonyl (C=O) groups is 1. The second-order valence-electron chi connectivity index (χ2n) is 3.75. The molecule has 0 radical (unpaired) electrons. The summed E-state index contributed by atoms with van der Waals surface area (Å²) >= 11 is 0. The molecule has 0 atom stereocenters. The van der Waals surface area contributed by atoms with E-state index < -0.39 is 5.97 Å². The number of rotatable bonds is 9. The molecule has 1 aromatic rings. The maximum atomic E-state index is 10.7. The van der Waals surface area contributed by atoms with Gasteiger partial charge in [0, 0.05) is 33.4 Å². The number of carboxylic acid groups (broad SMARTS) is 1. The lowest BCUT2D eigenvalue weighted by molar-refractivity contribution is 0.0685. The minimum Gasteiger partial charge on any atom is -0.476 e. The maximum absolute atomic E-state index is 10.7. The highest BCUT2D eigenvalue weighted by Crippen LogP contribution is 2.07. The quantitative estimate of drug-likeness (QED) is 0.689. The van der Waals surface area contributed by atoms with Crippen molar-refractivity contribution >= 4 is 5.97 Å². The first kappa shape index (κ1) is 14.6. The molecular formula is C11H18N2O5. The van der Waals surface area contributed by atoms with Crippen LogP contribution < -0.4 is 0 Å². The van der Waals surface area contributed by atoms with E-state index in [2.05, 4.69) is 5.16 Å². The van der Waals surface area contributed by atoms with Crippen LogP contribution in [0.2, 0.25) is 0 Å². The molecule has 7 heteroatoms. The van der Waals surface area contributed by atoms with Crippen molar-refractivity contribution in [3.8, 4) is 0 Å². The third-order valence-corrected chi connectivity index (χ3v) is 2.38. The van der Waals surface area contributed by atoms with Gasteiger partial charge in [-0.05, 0) is 0 Å². The van der Waals surface area contributed by atoms with Gasteiger partial charge in [0.15, 0.2) is 11.5 Å². The first-order valence-electron chi connectivity index (χ1n) is 5.56. The zero-order chi connectivity index (χ0) is 13.4. The molecule has 1 heterocycles. The molecule has 18 heavy (non-hydrogen) atoms. The Kier molecular flexibility index (Phi) is 6.34. The van der Waals surface area contributed by atoms with Crippen molar-refractivity contribution in [2.75, 3.05) is 40.5 Å². The Balaban J connectivity index is 2.54. The van der Waals surface area contributed by atoms with Gasteiger partial charge in [0.1, 0.15) is 0 Å². The average molecular weight is 258 g/mol. The number of methoxy groups -OCH3 is 2. The van der Waals surface area contributed by atoms with Crippen LogP contribution in [0.5, 0.6) is 0 Å². The number of aromatic carboxylic acids is 1. The standard InChI is InChI=1S/C11H18N2O5/c1-16-5-3-13(4-6-17-2)8-9-7-10(11(14)15)12-18-9/h7H,3-6,8H2,1-2H3,(H,14,15). The maximum Gasteiger partial charge on any atom is 0.358 e. The van der Waals surface area contributed by atoms with E-state index in [-0.39, 0.29) is 5.69 Å². The van der Waals surface area contributed by atoms with Gasteiger partial charge in [-0.2, -0.15) is 0 Å². The minimum absolute atomic E-state index is 0.0802. The van der Waals surface area contributed by atoms with Crippen LogP contribution in [0.15, 0.2) is 10.6 Å². The predicted molar refractivity (Wildman–Crippen MR) is 62.5 cm³/mol. The van der Waals surface area contributed by atoms with Crippen LogP contribution in [0.1, 0.15) is 16.2 Å². The molecule has 0 aliphatic rings. The summed E-state index contributed by atoms with van der Waals surface area (Å²) in [6, 6.07) is 1.43. The van der Waals surface area contributed by atoms with Crippen LogP contribution in [0.4, 0.5) is 0 Å². The molecule has 0 amide bonds. The number of ether oxygens (including phenoxy) is 2.